The highest BCUT2D eigenvalue weighted by molar-refractivity contribution is 6.01. The first-order valence-electron chi connectivity index (χ1n) is 13.2. The molecule has 1 aliphatic heterocycles. The molecule has 0 saturated heterocycles. The number of carbonyl (C=O) groups excluding carboxylic acids is 2. The monoisotopic (exact) mass is 488 g/mol. The van der Waals surface area contributed by atoms with Crippen molar-refractivity contribution in [1.82, 2.24) is 15.1 Å². The molecule has 3 N–H and O–H groups in total. The fourth-order valence-corrected chi connectivity index (χ4v) is 5.17. The smallest absolute Gasteiger partial charge is 0.319 e. The van der Waals surface area contributed by atoms with E-state index < -0.39 is 0 Å². The molecular weight excluding hydrogens is 444 g/mol. The highest BCUT2D eigenvalue weighted by Crippen LogP contribution is 2.35. The summed E-state index contributed by atoms with van der Waals surface area (Å²) in [6.45, 7) is 9.87. The van der Waals surface area contributed by atoms with Crippen molar-refractivity contribution in [3.63, 3.8) is 0 Å². The van der Waals surface area contributed by atoms with Crippen LogP contribution < -0.4 is 15.4 Å². The number of carbonyl (C=O) groups is 2. The lowest BCUT2D eigenvalue weighted by atomic mass is 9.89. The maximum Gasteiger partial charge on any atom is 0.319 e. The maximum absolute atomic E-state index is 13.5. The quantitative estimate of drug-likeness (QED) is 0.515. The summed E-state index contributed by atoms with van der Waals surface area (Å²) < 4.78 is 6.58. The molecule has 0 spiro atoms. The van der Waals surface area contributed by atoms with Crippen molar-refractivity contribution in [2.75, 3.05) is 38.6 Å². The minimum atomic E-state index is -0.342. The van der Waals surface area contributed by atoms with Crippen molar-refractivity contribution in [2.24, 2.45) is 11.8 Å². The van der Waals surface area contributed by atoms with Crippen LogP contribution in [0.3, 0.4) is 0 Å². The number of para-hydroxylation sites is 1. The zero-order valence-electron chi connectivity index (χ0n) is 22.0. The second-order valence-corrected chi connectivity index (χ2v) is 10.8. The first-order valence-corrected chi connectivity index (χ1v) is 13.2. The van der Waals surface area contributed by atoms with Gasteiger partial charge in [-0.25, -0.2) is 4.79 Å². The van der Waals surface area contributed by atoms with Crippen LogP contribution in [0.25, 0.3) is 0 Å². The van der Waals surface area contributed by atoms with E-state index in [4.69, 9.17) is 4.74 Å². The van der Waals surface area contributed by atoms with Crippen LogP contribution in [0.15, 0.2) is 18.2 Å². The number of nitrogens with one attached hydrogen (secondary N) is 2. The molecular formula is C27H44N4O4. The zero-order chi connectivity index (χ0) is 25.5. The SMILES string of the molecule is CC(C)NC(=O)Nc1cccc2c1O[C@H](CN(C)CC1CCCCC1)[C@H](C)CN([C@H](C)CO)C2=O. The van der Waals surface area contributed by atoms with E-state index in [1.807, 2.05) is 20.8 Å². The van der Waals surface area contributed by atoms with Crippen LogP contribution in [0, 0.1) is 11.8 Å². The molecule has 0 radical (unpaired) electrons. The predicted octanol–water partition coefficient (Wildman–Crippen LogP) is 3.95. The van der Waals surface area contributed by atoms with Gasteiger partial charge in [0.25, 0.3) is 5.91 Å². The molecule has 3 amide bonds. The lowest BCUT2D eigenvalue weighted by molar-refractivity contribution is 0.0333. The van der Waals surface area contributed by atoms with Crippen molar-refractivity contribution < 1.29 is 19.4 Å². The molecule has 1 aliphatic carbocycles. The number of aliphatic hydroxyl groups excluding tert-OH is 1. The van der Waals surface area contributed by atoms with E-state index in [1.165, 1.54) is 32.1 Å². The number of fused-ring (bicyclic) bond motifs is 1. The molecule has 1 aromatic rings. The predicted molar refractivity (Wildman–Crippen MR) is 139 cm³/mol. The molecule has 1 heterocycles. The Kier molecular flexibility index (Phi) is 9.80. The van der Waals surface area contributed by atoms with Gasteiger partial charge in [0, 0.05) is 31.6 Å². The number of benzene rings is 1. The second kappa shape index (κ2) is 12.6. The van der Waals surface area contributed by atoms with Crippen molar-refractivity contribution in [3.05, 3.63) is 23.8 Å². The molecule has 1 fully saturated rings. The van der Waals surface area contributed by atoms with Gasteiger partial charge >= 0.3 is 6.03 Å². The number of ether oxygens (including phenoxy) is 1. The highest BCUT2D eigenvalue weighted by atomic mass is 16.5. The minimum absolute atomic E-state index is 0.0230. The molecule has 0 bridgehead atoms. The van der Waals surface area contributed by atoms with Gasteiger partial charge in [-0.2, -0.15) is 0 Å². The second-order valence-electron chi connectivity index (χ2n) is 10.8. The number of anilines is 1. The Labute approximate surface area is 210 Å². The number of rotatable bonds is 8. The number of likely N-dealkylation sites (N-methyl/N-ethyl adjacent to an activating group) is 1. The van der Waals surface area contributed by atoms with Crippen molar-refractivity contribution in [3.8, 4) is 5.75 Å². The minimum Gasteiger partial charge on any atom is -0.486 e. The molecule has 8 nitrogen and oxygen atoms in total. The van der Waals surface area contributed by atoms with E-state index in [1.54, 1.807) is 23.1 Å². The van der Waals surface area contributed by atoms with Gasteiger partial charge in [0.1, 0.15) is 6.10 Å². The summed E-state index contributed by atoms with van der Waals surface area (Å²) in [5, 5.41) is 15.6. The van der Waals surface area contributed by atoms with Crippen LogP contribution in [0.1, 0.15) is 70.2 Å². The van der Waals surface area contributed by atoms with Crippen LogP contribution in [0.5, 0.6) is 5.75 Å². The summed E-state index contributed by atoms with van der Waals surface area (Å²) >= 11 is 0. The van der Waals surface area contributed by atoms with E-state index in [0.29, 0.717) is 29.5 Å². The fraction of sp³-hybridized carbons (Fsp3) is 0.704. The lowest BCUT2D eigenvalue weighted by Crippen LogP contribution is -2.50. The number of urea groups is 1. The topological polar surface area (TPSA) is 94.1 Å². The number of nitrogens with zero attached hydrogens (tertiary/aromatic N) is 2. The Morgan fingerprint density at radius 3 is 2.57 bits per heavy atom. The van der Waals surface area contributed by atoms with Crippen LogP contribution in [-0.4, -0.2) is 78.3 Å². The average Bonchev–Trinajstić information content (AvgIpc) is 2.81. The number of hydrogen-bond donors (Lipinski definition) is 3. The van der Waals surface area contributed by atoms with Gasteiger partial charge in [-0.1, -0.05) is 32.3 Å². The van der Waals surface area contributed by atoms with Gasteiger partial charge in [-0.15, -0.1) is 0 Å². The average molecular weight is 489 g/mol. The number of aliphatic hydroxyl groups is 1. The highest BCUT2D eigenvalue weighted by Gasteiger charge is 2.35. The number of amides is 3. The van der Waals surface area contributed by atoms with E-state index in [2.05, 4.69) is 29.5 Å². The third-order valence-electron chi connectivity index (χ3n) is 7.15. The molecule has 0 aromatic heterocycles. The molecule has 1 aromatic carbocycles. The Balaban J connectivity index is 1.90. The van der Waals surface area contributed by atoms with E-state index >= 15 is 0 Å². The maximum atomic E-state index is 13.5. The normalized spacial score (nSPS) is 22.3. The van der Waals surface area contributed by atoms with Crippen LogP contribution in [-0.2, 0) is 0 Å². The Hall–Kier alpha value is -2.32. The summed E-state index contributed by atoms with van der Waals surface area (Å²) in [6.07, 6.45) is 6.34. The van der Waals surface area contributed by atoms with Gasteiger partial charge < -0.3 is 30.3 Å². The van der Waals surface area contributed by atoms with Crippen LogP contribution in [0.2, 0.25) is 0 Å². The molecule has 3 atom stereocenters. The largest absolute Gasteiger partial charge is 0.486 e. The van der Waals surface area contributed by atoms with Crippen molar-refractivity contribution in [2.45, 2.75) is 78.0 Å². The molecule has 1 saturated carbocycles. The first-order chi connectivity index (χ1) is 16.7. The number of hydrogen-bond acceptors (Lipinski definition) is 5. The van der Waals surface area contributed by atoms with Gasteiger partial charge in [0.05, 0.1) is 23.9 Å². The Morgan fingerprint density at radius 2 is 1.91 bits per heavy atom. The Morgan fingerprint density at radius 1 is 1.20 bits per heavy atom. The lowest BCUT2D eigenvalue weighted by Gasteiger charge is -2.39. The van der Waals surface area contributed by atoms with Crippen LogP contribution >= 0.6 is 0 Å². The van der Waals surface area contributed by atoms with Gasteiger partial charge in [0.15, 0.2) is 5.75 Å². The van der Waals surface area contributed by atoms with Crippen LogP contribution in [0.4, 0.5) is 10.5 Å². The molecule has 196 valence electrons. The summed E-state index contributed by atoms with van der Waals surface area (Å²) in [6, 6.07) is 4.57. The summed E-state index contributed by atoms with van der Waals surface area (Å²) in [4.78, 5) is 30.1. The van der Waals surface area contributed by atoms with E-state index in [-0.39, 0.29) is 42.7 Å². The summed E-state index contributed by atoms with van der Waals surface area (Å²) in [5.74, 6) is 0.950. The van der Waals surface area contributed by atoms with E-state index in [0.717, 1.165) is 13.1 Å². The third-order valence-corrected chi connectivity index (χ3v) is 7.15. The summed E-state index contributed by atoms with van der Waals surface area (Å²) in [7, 11) is 2.14. The third kappa shape index (κ3) is 7.34. The molecule has 8 heteroatoms. The molecule has 35 heavy (non-hydrogen) atoms. The molecule has 0 unspecified atom stereocenters. The standard InChI is InChI=1S/C27H44N4O4/c1-18(2)28-27(34)29-23-13-9-12-22-25(23)35-24(16-30(5)15-21-10-7-6-8-11-21)19(3)14-31(26(22)33)20(4)17-32/h9,12-13,18-21,24,32H,6-8,10-11,14-17H2,1-5H3,(H2,28,29,34)/t19-,20-,24-/m1/s1. The van der Waals surface area contributed by atoms with Crippen molar-refractivity contribution in [1.29, 1.82) is 0 Å². The van der Waals surface area contributed by atoms with E-state index in [9.17, 15) is 14.7 Å². The van der Waals surface area contributed by atoms with Gasteiger partial charge in [0.2, 0.25) is 0 Å². The Bertz CT molecular complexity index is 856. The summed E-state index contributed by atoms with van der Waals surface area (Å²) in [5.41, 5.74) is 0.874. The molecule has 2 aliphatic rings. The molecule has 3 rings (SSSR count). The zero-order valence-corrected chi connectivity index (χ0v) is 22.0. The van der Waals surface area contributed by atoms with Gasteiger partial charge in [-0.05, 0) is 58.7 Å². The fourth-order valence-electron chi connectivity index (χ4n) is 5.17. The van der Waals surface area contributed by atoms with Crippen molar-refractivity contribution >= 4 is 17.6 Å². The van der Waals surface area contributed by atoms with Gasteiger partial charge in [-0.3, -0.25) is 4.79 Å². The first kappa shape index (κ1) is 27.3.